The number of rotatable bonds is 5. The Hall–Kier alpha value is -0.610. The monoisotopic (exact) mass is 269 g/mol. The normalized spacial score (nSPS) is 26.5. The van der Waals surface area contributed by atoms with Crippen molar-refractivity contribution >= 4 is 5.91 Å². The first-order valence-electron chi connectivity index (χ1n) is 7.53. The van der Waals surface area contributed by atoms with Crippen molar-refractivity contribution in [3.8, 4) is 0 Å². The Balaban J connectivity index is 2.60. The maximum Gasteiger partial charge on any atom is 0.226 e. The van der Waals surface area contributed by atoms with Crippen LogP contribution in [0.3, 0.4) is 0 Å². The van der Waals surface area contributed by atoms with Gasteiger partial charge in [0, 0.05) is 32.2 Å². The Bertz CT molecular complexity index is 293. The predicted molar refractivity (Wildman–Crippen MR) is 79.9 cm³/mol. The van der Waals surface area contributed by atoms with E-state index in [2.05, 4.69) is 32.7 Å². The number of carbonyl (C=O) groups excluding carboxylic acids is 1. The lowest BCUT2D eigenvalue weighted by molar-refractivity contribution is -0.137. The minimum absolute atomic E-state index is 0.0139. The second-order valence-electron chi connectivity index (χ2n) is 6.52. The molecule has 0 aromatic heterocycles. The summed E-state index contributed by atoms with van der Waals surface area (Å²) in [7, 11) is 4.11. The molecule has 0 saturated carbocycles. The molecule has 112 valence electrons. The first-order chi connectivity index (χ1) is 8.86. The number of hydrogen-bond donors (Lipinski definition) is 1. The van der Waals surface area contributed by atoms with Crippen molar-refractivity contribution in [2.75, 3.05) is 27.2 Å². The fourth-order valence-corrected chi connectivity index (χ4v) is 2.95. The Labute approximate surface area is 118 Å². The fourth-order valence-electron chi connectivity index (χ4n) is 2.95. The number of carbonyl (C=O) groups is 1. The highest BCUT2D eigenvalue weighted by Crippen LogP contribution is 2.22. The third kappa shape index (κ3) is 4.46. The number of nitrogens with two attached hydrogens (primary N) is 1. The van der Waals surface area contributed by atoms with E-state index in [-0.39, 0.29) is 11.8 Å². The van der Waals surface area contributed by atoms with Crippen LogP contribution in [-0.2, 0) is 4.79 Å². The summed E-state index contributed by atoms with van der Waals surface area (Å²) < 4.78 is 0. The van der Waals surface area contributed by atoms with Gasteiger partial charge < -0.3 is 15.5 Å². The van der Waals surface area contributed by atoms with Crippen LogP contribution in [0.2, 0.25) is 0 Å². The molecule has 1 aliphatic rings. The summed E-state index contributed by atoms with van der Waals surface area (Å²) in [6.07, 6.45) is 3.03. The zero-order valence-electron chi connectivity index (χ0n) is 13.2. The van der Waals surface area contributed by atoms with Crippen LogP contribution < -0.4 is 5.73 Å². The van der Waals surface area contributed by atoms with Crippen molar-refractivity contribution in [2.24, 2.45) is 17.6 Å². The number of nitrogens with zero attached hydrogens (tertiary/aromatic N) is 2. The molecule has 1 heterocycles. The highest BCUT2D eigenvalue weighted by molar-refractivity contribution is 5.79. The first kappa shape index (κ1) is 16.4. The summed E-state index contributed by atoms with van der Waals surface area (Å²) in [5, 5.41) is 0. The van der Waals surface area contributed by atoms with E-state index in [1.807, 2.05) is 11.9 Å². The van der Waals surface area contributed by atoms with Gasteiger partial charge in [0.05, 0.1) is 5.92 Å². The molecule has 0 aromatic carbocycles. The average molecular weight is 269 g/mol. The Morgan fingerprint density at radius 1 is 1.47 bits per heavy atom. The molecule has 0 spiro atoms. The van der Waals surface area contributed by atoms with E-state index in [4.69, 9.17) is 5.73 Å². The molecule has 1 amide bonds. The highest BCUT2D eigenvalue weighted by atomic mass is 16.2. The van der Waals surface area contributed by atoms with Crippen LogP contribution in [0.1, 0.15) is 40.0 Å². The van der Waals surface area contributed by atoms with E-state index in [1.165, 1.54) is 0 Å². The molecule has 0 radical (unpaired) electrons. The molecular weight excluding hydrogens is 238 g/mol. The van der Waals surface area contributed by atoms with Gasteiger partial charge in [-0.05, 0) is 39.2 Å². The molecule has 3 atom stereocenters. The first-order valence-corrected chi connectivity index (χ1v) is 7.53. The topological polar surface area (TPSA) is 49.6 Å². The van der Waals surface area contributed by atoms with E-state index in [9.17, 15) is 4.79 Å². The number of amides is 1. The van der Waals surface area contributed by atoms with E-state index in [0.29, 0.717) is 24.5 Å². The third-order valence-corrected chi connectivity index (χ3v) is 4.47. The Kier molecular flexibility index (Phi) is 6.27. The maximum atomic E-state index is 12.5. The number of likely N-dealkylation sites (tertiary alicyclic amines) is 1. The van der Waals surface area contributed by atoms with Gasteiger partial charge in [-0.1, -0.05) is 13.8 Å². The Morgan fingerprint density at radius 2 is 2.11 bits per heavy atom. The van der Waals surface area contributed by atoms with Gasteiger partial charge in [0.2, 0.25) is 5.91 Å². The molecule has 0 bridgehead atoms. The Morgan fingerprint density at radius 3 is 2.58 bits per heavy atom. The van der Waals surface area contributed by atoms with E-state index in [1.54, 1.807) is 0 Å². The molecule has 2 N–H and O–H groups in total. The maximum absolute atomic E-state index is 12.5. The molecule has 1 aliphatic heterocycles. The second kappa shape index (κ2) is 7.25. The van der Waals surface area contributed by atoms with Gasteiger partial charge in [0.25, 0.3) is 0 Å². The standard InChI is InChI=1S/C15H31N3O/c1-11(2)8-13(10-16)15(19)18(5)14-6-7-17(4)12(3)9-14/h11-14H,6-10,16H2,1-5H3/t12-,13+,14+/m0/s1. The van der Waals surface area contributed by atoms with Gasteiger partial charge in [-0.3, -0.25) is 4.79 Å². The molecule has 19 heavy (non-hydrogen) atoms. The van der Waals surface area contributed by atoms with Gasteiger partial charge in [0.1, 0.15) is 0 Å². The lowest BCUT2D eigenvalue weighted by atomic mass is 9.93. The highest BCUT2D eigenvalue weighted by Gasteiger charge is 2.30. The van der Waals surface area contributed by atoms with E-state index in [0.717, 1.165) is 25.8 Å². The van der Waals surface area contributed by atoms with Crippen molar-refractivity contribution in [3.63, 3.8) is 0 Å². The van der Waals surface area contributed by atoms with E-state index >= 15 is 0 Å². The van der Waals surface area contributed by atoms with Crippen molar-refractivity contribution in [1.82, 2.24) is 9.80 Å². The fraction of sp³-hybridized carbons (Fsp3) is 0.933. The lowest BCUT2D eigenvalue weighted by Crippen LogP contribution is -2.50. The lowest BCUT2D eigenvalue weighted by Gasteiger charge is -2.40. The average Bonchev–Trinajstić information content (AvgIpc) is 2.37. The SMILES string of the molecule is CC(C)C[C@H](CN)C(=O)N(C)[C@@H]1CCN(C)[C@@H](C)C1. The van der Waals surface area contributed by atoms with Crippen molar-refractivity contribution in [1.29, 1.82) is 0 Å². The van der Waals surface area contributed by atoms with Crippen LogP contribution in [0, 0.1) is 11.8 Å². The van der Waals surface area contributed by atoms with Crippen LogP contribution >= 0.6 is 0 Å². The quantitative estimate of drug-likeness (QED) is 0.824. The van der Waals surface area contributed by atoms with Gasteiger partial charge in [-0.25, -0.2) is 0 Å². The molecule has 0 aromatic rings. The third-order valence-electron chi connectivity index (χ3n) is 4.47. The summed E-state index contributed by atoms with van der Waals surface area (Å²) in [4.78, 5) is 16.9. The zero-order valence-corrected chi connectivity index (χ0v) is 13.2. The molecule has 0 aliphatic carbocycles. The van der Waals surface area contributed by atoms with Crippen molar-refractivity contribution in [2.45, 2.75) is 52.1 Å². The van der Waals surface area contributed by atoms with E-state index < -0.39 is 0 Å². The second-order valence-corrected chi connectivity index (χ2v) is 6.52. The molecule has 0 unspecified atom stereocenters. The molecular formula is C15H31N3O. The summed E-state index contributed by atoms with van der Waals surface area (Å²) in [5.74, 6) is 0.736. The summed E-state index contributed by atoms with van der Waals surface area (Å²) in [6, 6.07) is 0.926. The van der Waals surface area contributed by atoms with Crippen LogP contribution in [0.15, 0.2) is 0 Å². The molecule has 4 nitrogen and oxygen atoms in total. The molecule has 4 heteroatoms. The smallest absolute Gasteiger partial charge is 0.226 e. The minimum atomic E-state index is -0.0139. The van der Waals surface area contributed by atoms with Crippen molar-refractivity contribution in [3.05, 3.63) is 0 Å². The molecule has 1 fully saturated rings. The van der Waals surface area contributed by atoms with Crippen molar-refractivity contribution < 1.29 is 4.79 Å². The van der Waals surface area contributed by atoms with Crippen LogP contribution in [0.25, 0.3) is 0 Å². The largest absolute Gasteiger partial charge is 0.342 e. The van der Waals surface area contributed by atoms with Gasteiger partial charge in [0.15, 0.2) is 0 Å². The number of piperidine rings is 1. The molecule has 1 saturated heterocycles. The van der Waals surface area contributed by atoms with Gasteiger partial charge in [-0.2, -0.15) is 0 Å². The van der Waals surface area contributed by atoms with Gasteiger partial charge >= 0.3 is 0 Å². The summed E-state index contributed by atoms with van der Waals surface area (Å²) in [6.45, 7) is 8.06. The molecule has 1 rings (SSSR count). The number of hydrogen-bond acceptors (Lipinski definition) is 3. The summed E-state index contributed by atoms with van der Waals surface area (Å²) >= 11 is 0. The predicted octanol–water partition coefficient (Wildman–Crippen LogP) is 1.55. The zero-order chi connectivity index (χ0) is 14.6. The minimum Gasteiger partial charge on any atom is -0.342 e. The van der Waals surface area contributed by atoms with Crippen LogP contribution in [0.4, 0.5) is 0 Å². The van der Waals surface area contributed by atoms with Crippen LogP contribution in [-0.4, -0.2) is 55.0 Å². The van der Waals surface area contributed by atoms with Gasteiger partial charge in [-0.15, -0.1) is 0 Å². The summed E-state index contributed by atoms with van der Waals surface area (Å²) in [5.41, 5.74) is 5.78. The van der Waals surface area contributed by atoms with Crippen LogP contribution in [0.5, 0.6) is 0 Å².